The third kappa shape index (κ3) is 2.84. The molecule has 7 heteroatoms. The number of carbonyl (C=O) groups excluding carboxylic acids is 2. The van der Waals surface area contributed by atoms with Gasteiger partial charge in [-0.05, 0) is 13.8 Å². The molecule has 0 radical (unpaired) electrons. The van der Waals surface area contributed by atoms with E-state index < -0.39 is 0 Å². The van der Waals surface area contributed by atoms with Gasteiger partial charge in [0.1, 0.15) is 11.6 Å². The zero-order chi connectivity index (χ0) is 13.3. The first-order valence-electron chi connectivity index (χ1n) is 5.62. The second-order valence-corrected chi connectivity index (χ2v) is 5.65. The summed E-state index contributed by atoms with van der Waals surface area (Å²) in [5.74, 6) is 1.52. The Morgan fingerprint density at radius 3 is 2.44 bits per heavy atom. The number of hydrogen-bond donors (Lipinski definition) is 0. The molecule has 1 aromatic heterocycles. The fourth-order valence-corrected chi connectivity index (χ4v) is 2.82. The van der Waals surface area contributed by atoms with Gasteiger partial charge in [0.2, 0.25) is 11.9 Å². The lowest BCUT2D eigenvalue weighted by Gasteiger charge is -2.14. The largest absolute Gasteiger partial charge is 0.288 e. The fraction of sp³-hybridized carbons (Fsp3) is 0.545. The molecule has 0 bridgehead atoms. The number of rotatable bonds is 2. The van der Waals surface area contributed by atoms with Crippen LogP contribution >= 0.6 is 11.8 Å². The summed E-state index contributed by atoms with van der Waals surface area (Å²) in [6.45, 7) is 5.52. The van der Waals surface area contributed by atoms with Crippen molar-refractivity contribution in [2.45, 2.75) is 32.4 Å². The number of carbonyl (C=O) groups is 2. The Hall–Kier alpha value is -1.50. The smallest absolute Gasteiger partial charge is 0.235 e. The molecule has 1 unspecified atom stereocenters. The average molecular weight is 266 g/mol. The SMILES string of the molecule is CC(=O)SC1CC(=O)N(c2nc(C)nc(C)n2)C1. The van der Waals surface area contributed by atoms with Crippen LogP contribution in [0.1, 0.15) is 25.0 Å². The van der Waals surface area contributed by atoms with E-state index in [0.29, 0.717) is 30.6 Å². The third-order valence-corrected chi connectivity index (χ3v) is 3.49. The van der Waals surface area contributed by atoms with Crippen LogP contribution in [-0.2, 0) is 9.59 Å². The second-order valence-electron chi connectivity index (χ2n) is 4.17. The topological polar surface area (TPSA) is 76.1 Å². The molecule has 1 saturated heterocycles. The van der Waals surface area contributed by atoms with Crippen molar-refractivity contribution in [2.75, 3.05) is 11.4 Å². The number of aryl methyl sites for hydroxylation is 2. The monoisotopic (exact) mass is 266 g/mol. The normalized spacial score (nSPS) is 19.4. The summed E-state index contributed by atoms with van der Waals surface area (Å²) in [4.78, 5) is 36.9. The Morgan fingerprint density at radius 1 is 1.28 bits per heavy atom. The molecule has 0 N–H and O–H groups in total. The minimum absolute atomic E-state index is 0.00706. The predicted molar refractivity (Wildman–Crippen MR) is 68.3 cm³/mol. The molecule has 1 aromatic rings. The van der Waals surface area contributed by atoms with Gasteiger partial charge in [-0.15, -0.1) is 0 Å². The van der Waals surface area contributed by atoms with E-state index in [-0.39, 0.29) is 16.3 Å². The summed E-state index contributed by atoms with van der Waals surface area (Å²) in [6.07, 6.45) is 0.355. The van der Waals surface area contributed by atoms with E-state index in [0.717, 1.165) is 0 Å². The van der Waals surface area contributed by atoms with Gasteiger partial charge in [-0.2, -0.15) is 9.97 Å². The lowest BCUT2D eigenvalue weighted by atomic mass is 10.4. The number of thioether (sulfide) groups is 1. The maximum absolute atomic E-state index is 11.9. The maximum Gasteiger partial charge on any atom is 0.235 e. The molecular formula is C11H14N4O2S. The van der Waals surface area contributed by atoms with Crippen molar-refractivity contribution in [1.82, 2.24) is 15.0 Å². The summed E-state index contributed by atoms with van der Waals surface area (Å²) in [7, 11) is 0. The molecule has 0 aromatic carbocycles. The van der Waals surface area contributed by atoms with Crippen LogP contribution in [-0.4, -0.2) is 37.8 Å². The molecule has 1 aliphatic rings. The van der Waals surface area contributed by atoms with Gasteiger partial charge < -0.3 is 0 Å². The summed E-state index contributed by atoms with van der Waals surface area (Å²) in [5, 5.41) is 0.0186. The van der Waals surface area contributed by atoms with E-state index in [1.807, 2.05) is 0 Å². The van der Waals surface area contributed by atoms with E-state index in [1.165, 1.54) is 23.6 Å². The molecular weight excluding hydrogens is 252 g/mol. The standard InChI is InChI=1S/C11H14N4O2S/c1-6-12-7(2)14-11(13-6)15-5-9(4-10(15)17)18-8(3)16/h9H,4-5H2,1-3H3. The van der Waals surface area contributed by atoms with Crippen molar-refractivity contribution in [3.8, 4) is 0 Å². The number of anilines is 1. The van der Waals surface area contributed by atoms with E-state index in [2.05, 4.69) is 15.0 Å². The highest BCUT2D eigenvalue weighted by molar-refractivity contribution is 8.14. The van der Waals surface area contributed by atoms with E-state index in [4.69, 9.17) is 0 Å². The first-order valence-corrected chi connectivity index (χ1v) is 6.50. The van der Waals surface area contributed by atoms with Crippen LogP contribution in [0.5, 0.6) is 0 Å². The van der Waals surface area contributed by atoms with Gasteiger partial charge in [-0.25, -0.2) is 4.98 Å². The highest BCUT2D eigenvalue weighted by Gasteiger charge is 2.33. The van der Waals surface area contributed by atoms with Crippen LogP contribution in [0, 0.1) is 13.8 Å². The lowest BCUT2D eigenvalue weighted by Crippen LogP contribution is -2.27. The summed E-state index contributed by atoms with van der Waals surface area (Å²) < 4.78 is 0. The number of nitrogens with zero attached hydrogens (tertiary/aromatic N) is 4. The maximum atomic E-state index is 11.9. The highest BCUT2D eigenvalue weighted by Crippen LogP contribution is 2.26. The first kappa shape index (κ1) is 12.9. The van der Waals surface area contributed by atoms with Gasteiger partial charge >= 0.3 is 0 Å². The Labute approximate surface area is 109 Å². The van der Waals surface area contributed by atoms with Crippen molar-refractivity contribution < 1.29 is 9.59 Å². The van der Waals surface area contributed by atoms with Crippen molar-refractivity contribution in [1.29, 1.82) is 0 Å². The van der Waals surface area contributed by atoms with Crippen molar-refractivity contribution in [3.05, 3.63) is 11.6 Å². The van der Waals surface area contributed by atoms with Gasteiger partial charge in [0.25, 0.3) is 0 Å². The zero-order valence-electron chi connectivity index (χ0n) is 10.5. The zero-order valence-corrected chi connectivity index (χ0v) is 11.3. The summed E-state index contributed by atoms with van der Waals surface area (Å²) in [5.41, 5.74) is 0. The Morgan fingerprint density at radius 2 is 1.89 bits per heavy atom. The second kappa shape index (κ2) is 5.01. The van der Waals surface area contributed by atoms with Gasteiger partial charge in [-0.3, -0.25) is 14.5 Å². The number of aromatic nitrogens is 3. The summed E-state index contributed by atoms with van der Waals surface area (Å²) >= 11 is 1.20. The molecule has 1 aliphatic heterocycles. The van der Waals surface area contributed by atoms with Gasteiger partial charge in [0, 0.05) is 25.1 Å². The molecule has 96 valence electrons. The van der Waals surface area contributed by atoms with Crippen LogP contribution in [0.3, 0.4) is 0 Å². The molecule has 1 fully saturated rings. The molecule has 2 rings (SSSR count). The van der Waals surface area contributed by atoms with E-state index in [1.54, 1.807) is 13.8 Å². The molecule has 1 atom stereocenters. The molecule has 6 nitrogen and oxygen atoms in total. The van der Waals surface area contributed by atoms with Crippen molar-refractivity contribution >= 4 is 28.7 Å². The molecule has 0 aliphatic carbocycles. The van der Waals surface area contributed by atoms with Gasteiger partial charge in [0.05, 0.1) is 0 Å². The van der Waals surface area contributed by atoms with Crippen LogP contribution < -0.4 is 4.90 Å². The van der Waals surface area contributed by atoms with Crippen LogP contribution in [0.2, 0.25) is 0 Å². The third-order valence-electron chi connectivity index (χ3n) is 2.51. The minimum Gasteiger partial charge on any atom is -0.288 e. The molecule has 1 amide bonds. The Balaban J connectivity index is 2.18. The van der Waals surface area contributed by atoms with Crippen molar-refractivity contribution in [3.63, 3.8) is 0 Å². The highest BCUT2D eigenvalue weighted by atomic mass is 32.2. The molecule has 2 heterocycles. The molecule has 18 heavy (non-hydrogen) atoms. The summed E-state index contributed by atoms with van der Waals surface area (Å²) in [6, 6.07) is 0. The number of amides is 1. The van der Waals surface area contributed by atoms with Gasteiger partial charge in [0.15, 0.2) is 5.12 Å². The fourth-order valence-electron chi connectivity index (χ4n) is 1.90. The van der Waals surface area contributed by atoms with Crippen LogP contribution in [0.15, 0.2) is 0 Å². The van der Waals surface area contributed by atoms with Crippen LogP contribution in [0.25, 0.3) is 0 Å². The lowest BCUT2D eigenvalue weighted by molar-refractivity contribution is -0.117. The Kier molecular flexibility index (Phi) is 3.60. The average Bonchev–Trinajstić information content (AvgIpc) is 2.56. The first-order chi connectivity index (χ1) is 8.45. The van der Waals surface area contributed by atoms with Gasteiger partial charge in [-0.1, -0.05) is 11.8 Å². The Bertz CT molecular complexity index is 486. The molecule has 0 spiro atoms. The van der Waals surface area contributed by atoms with Crippen molar-refractivity contribution in [2.24, 2.45) is 0 Å². The molecule has 0 saturated carbocycles. The number of hydrogen-bond acceptors (Lipinski definition) is 6. The minimum atomic E-state index is -0.0428. The quantitative estimate of drug-likeness (QED) is 0.790. The van der Waals surface area contributed by atoms with E-state index in [9.17, 15) is 9.59 Å². The van der Waals surface area contributed by atoms with Crippen LogP contribution in [0.4, 0.5) is 5.95 Å². The van der Waals surface area contributed by atoms with E-state index >= 15 is 0 Å². The predicted octanol–water partition coefficient (Wildman–Crippen LogP) is 0.873.